The molecular weight excluding hydrogens is 705 g/mol. The minimum Gasteiger partial charge on any atom is -0.488 e. The number of hydrogen-bond donors (Lipinski definition) is 2. The van der Waals surface area contributed by atoms with Crippen molar-refractivity contribution >= 4 is 46.0 Å². The fourth-order valence-electron chi connectivity index (χ4n) is 8.40. The quantitative estimate of drug-likeness (QED) is 0.220. The third-order valence-corrected chi connectivity index (χ3v) is 12.4. The van der Waals surface area contributed by atoms with E-state index < -0.39 is 35.7 Å². The molecule has 4 aliphatic rings. The number of benzene rings is 1. The number of alkyl carbamates (subject to hydrolysis) is 1. The number of allylic oxidation sites excluding steroid dienone is 2. The van der Waals surface area contributed by atoms with Crippen molar-refractivity contribution in [2.75, 3.05) is 6.54 Å². The van der Waals surface area contributed by atoms with Crippen LogP contribution in [0.5, 0.6) is 5.75 Å². The molecule has 0 unspecified atom stereocenters. The van der Waals surface area contributed by atoms with E-state index in [0.717, 1.165) is 78.5 Å². The Labute approximate surface area is 320 Å². The summed E-state index contributed by atoms with van der Waals surface area (Å²) >= 11 is 1.61. The van der Waals surface area contributed by atoms with Crippen LogP contribution >= 0.6 is 11.3 Å². The molecule has 2 aromatic heterocycles. The van der Waals surface area contributed by atoms with Gasteiger partial charge in [-0.2, -0.15) is 0 Å². The molecule has 54 heavy (non-hydrogen) atoms. The summed E-state index contributed by atoms with van der Waals surface area (Å²) in [6.07, 6.45) is 11.1. The number of aliphatic carboxylic acids is 1. The van der Waals surface area contributed by atoms with Crippen LogP contribution < -0.4 is 10.1 Å². The van der Waals surface area contributed by atoms with Crippen molar-refractivity contribution in [1.29, 1.82) is 0 Å². The first-order valence-electron chi connectivity index (χ1n) is 19.7. The molecule has 2 aliphatic carbocycles. The van der Waals surface area contributed by atoms with Gasteiger partial charge in [0.25, 0.3) is 0 Å². The van der Waals surface area contributed by atoms with E-state index in [-0.39, 0.29) is 43.1 Å². The molecule has 2 saturated carbocycles. The first kappa shape index (κ1) is 38.0. The topological polar surface area (TPSA) is 148 Å². The summed E-state index contributed by atoms with van der Waals surface area (Å²) in [5.74, 6) is -0.841. The first-order chi connectivity index (χ1) is 26.0. The lowest BCUT2D eigenvalue weighted by Crippen LogP contribution is -2.52. The van der Waals surface area contributed by atoms with E-state index in [2.05, 4.69) is 19.2 Å². The highest BCUT2D eigenvalue weighted by molar-refractivity contribution is 7.09. The molecule has 7 rings (SSSR count). The molecule has 5 atom stereocenters. The second-order valence-electron chi connectivity index (χ2n) is 16.2. The number of ether oxygens (including phenoxy) is 2. The van der Waals surface area contributed by atoms with Crippen molar-refractivity contribution < 1.29 is 33.8 Å². The molecule has 2 N–H and O–H groups in total. The second kappa shape index (κ2) is 16.2. The standard InChI is InChI=1S/C42H52N4O7S/c1-25(2)17-38-44-34(24-54-38)33-20-37(30-16-15-26(3)18-32(30)43-33)52-29-19-35-36(47)22-42(40(49)50)21-27(42)11-7-5-4-6-8-14-31(39(48)46(35)23-29)45-41(51)53-28-12-9-10-13-28/h7,11,15-16,18,20,24-25,27-29,31,35H,4-6,8-10,12-14,17,19,21-23H2,1-3H3,(H,45,51)(H,49,50)/b11-7-/t27-,29+,31-,35-,42+/m0/s1. The van der Waals surface area contributed by atoms with E-state index in [9.17, 15) is 24.3 Å². The number of Topliss-reactive ketones (excluding diaryl/α,β-unsaturated/α-hetero) is 1. The molecular formula is C42H52N4O7S. The van der Waals surface area contributed by atoms with E-state index in [1.807, 2.05) is 48.7 Å². The molecule has 0 radical (unpaired) electrons. The lowest BCUT2D eigenvalue weighted by atomic mass is 9.92. The Morgan fingerprint density at radius 2 is 1.83 bits per heavy atom. The van der Waals surface area contributed by atoms with Crippen molar-refractivity contribution in [2.45, 2.75) is 129 Å². The highest BCUT2D eigenvalue weighted by Gasteiger charge is 2.61. The number of carbonyl (C=O) groups is 4. The van der Waals surface area contributed by atoms with Gasteiger partial charge in [0.2, 0.25) is 5.91 Å². The number of nitrogens with zero attached hydrogens (tertiary/aromatic N) is 3. The van der Waals surface area contributed by atoms with Crippen LogP contribution in [0, 0.1) is 24.2 Å². The van der Waals surface area contributed by atoms with E-state index >= 15 is 0 Å². The number of aryl methyl sites for hydroxylation is 1. The van der Waals surface area contributed by atoms with Gasteiger partial charge in [0.1, 0.15) is 24.0 Å². The first-order valence-corrected chi connectivity index (χ1v) is 20.6. The predicted octanol–water partition coefficient (Wildman–Crippen LogP) is 7.82. The number of carboxylic acid groups (broad SMARTS) is 1. The van der Waals surface area contributed by atoms with Crippen LogP contribution in [0.15, 0.2) is 41.8 Å². The number of carbonyl (C=O) groups excluding carboxylic acids is 3. The van der Waals surface area contributed by atoms with Gasteiger partial charge in [-0.15, -0.1) is 11.3 Å². The van der Waals surface area contributed by atoms with Crippen LogP contribution in [0.2, 0.25) is 0 Å². The number of nitrogens with one attached hydrogen (secondary N) is 1. The van der Waals surface area contributed by atoms with Gasteiger partial charge in [-0.1, -0.05) is 44.9 Å². The number of carboxylic acids is 1. The van der Waals surface area contributed by atoms with Gasteiger partial charge in [-0.25, -0.2) is 14.8 Å². The molecule has 11 nitrogen and oxygen atoms in total. The van der Waals surface area contributed by atoms with E-state index in [4.69, 9.17) is 19.4 Å². The summed E-state index contributed by atoms with van der Waals surface area (Å²) in [5.41, 5.74) is 2.06. The number of ketones is 1. The van der Waals surface area contributed by atoms with Gasteiger partial charge >= 0.3 is 12.1 Å². The highest BCUT2D eigenvalue weighted by atomic mass is 32.1. The van der Waals surface area contributed by atoms with Gasteiger partial charge in [0.05, 0.1) is 39.9 Å². The van der Waals surface area contributed by atoms with Crippen molar-refractivity contribution in [3.63, 3.8) is 0 Å². The van der Waals surface area contributed by atoms with Crippen LogP contribution in [-0.2, 0) is 25.5 Å². The monoisotopic (exact) mass is 756 g/mol. The summed E-state index contributed by atoms with van der Waals surface area (Å²) in [7, 11) is 0. The summed E-state index contributed by atoms with van der Waals surface area (Å²) in [6.45, 7) is 6.44. The largest absolute Gasteiger partial charge is 0.488 e. The van der Waals surface area contributed by atoms with Gasteiger partial charge in [-0.05, 0) is 87.8 Å². The molecule has 3 aromatic rings. The van der Waals surface area contributed by atoms with E-state index in [1.165, 1.54) is 4.90 Å². The predicted molar refractivity (Wildman–Crippen MR) is 206 cm³/mol. The summed E-state index contributed by atoms with van der Waals surface area (Å²) in [5, 5.41) is 17.0. The van der Waals surface area contributed by atoms with Crippen LogP contribution in [0.25, 0.3) is 22.3 Å². The average Bonchev–Trinajstić information content (AvgIpc) is 3.55. The molecule has 0 bridgehead atoms. The lowest BCUT2D eigenvalue weighted by molar-refractivity contribution is -0.147. The van der Waals surface area contributed by atoms with Crippen LogP contribution in [0.4, 0.5) is 4.79 Å². The third kappa shape index (κ3) is 8.48. The molecule has 4 heterocycles. The van der Waals surface area contributed by atoms with Gasteiger partial charge in [0, 0.05) is 36.1 Å². The Hall–Kier alpha value is -4.32. The normalized spacial score (nSPS) is 27.2. The fourth-order valence-corrected chi connectivity index (χ4v) is 9.40. The number of fused-ring (bicyclic) bond motifs is 3. The third-order valence-electron chi connectivity index (χ3n) is 11.5. The van der Waals surface area contributed by atoms with Gasteiger partial charge in [-0.3, -0.25) is 14.4 Å². The van der Waals surface area contributed by atoms with Gasteiger partial charge < -0.3 is 24.8 Å². The van der Waals surface area contributed by atoms with Crippen molar-refractivity contribution in [3.05, 3.63) is 52.4 Å². The molecule has 3 fully saturated rings. The lowest BCUT2D eigenvalue weighted by Gasteiger charge is -2.29. The summed E-state index contributed by atoms with van der Waals surface area (Å²) in [4.78, 5) is 66.0. The van der Waals surface area contributed by atoms with Crippen molar-refractivity contribution in [1.82, 2.24) is 20.2 Å². The zero-order valence-electron chi connectivity index (χ0n) is 31.6. The summed E-state index contributed by atoms with van der Waals surface area (Å²) < 4.78 is 12.5. The van der Waals surface area contributed by atoms with E-state index in [0.29, 0.717) is 36.6 Å². The minimum absolute atomic E-state index is 0.106. The number of aromatic nitrogens is 2. The second-order valence-corrected chi connectivity index (χ2v) is 17.2. The number of thiazole rings is 1. The SMILES string of the molecule is Cc1ccc2c(O[C@@H]3C[C@H]4C(=O)C[C@]5(C(=O)O)C[C@@H]5/C=C\CCCCC[C@H](NC(=O)OC5CCCC5)C(=O)N4C3)cc(-c3csc(CC(C)C)n3)nc2c1. The Morgan fingerprint density at radius 3 is 2.61 bits per heavy atom. The Bertz CT molecular complexity index is 1920. The smallest absolute Gasteiger partial charge is 0.408 e. The van der Waals surface area contributed by atoms with Crippen LogP contribution in [0.1, 0.15) is 101 Å². The van der Waals surface area contributed by atoms with Crippen molar-refractivity contribution in [2.24, 2.45) is 17.3 Å². The Balaban J connectivity index is 1.19. The highest BCUT2D eigenvalue weighted by Crippen LogP contribution is 2.57. The van der Waals surface area contributed by atoms with Gasteiger partial charge in [0.15, 0.2) is 5.78 Å². The molecule has 12 heteroatoms. The van der Waals surface area contributed by atoms with Crippen molar-refractivity contribution in [3.8, 4) is 17.1 Å². The number of amides is 2. The Morgan fingerprint density at radius 1 is 1.04 bits per heavy atom. The van der Waals surface area contributed by atoms with Crippen LogP contribution in [-0.4, -0.2) is 74.6 Å². The molecule has 1 saturated heterocycles. The number of pyridine rings is 1. The molecule has 0 spiro atoms. The Kier molecular flexibility index (Phi) is 11.4. The molecule has 2 amide bonds. The average molecular weight is 757 g/mol. The maximum Gasteiger partial charge on any atom is 0.408 e. The number of rotatable bonds is 8. The van der Waals surface area contributed by atoms with E-state index in [1.54, 1.807) is 11.3 Å². The molecule has 288 valence electrons. The summed E-state index contributed by atoms with van der Waals surface area (Å²) in [6, 6.07) is 6.06. The maximum atomic E-state index is 14.6. The number of hydrogen-bond acceptors (Lipinski definition) is 9. The zero-order chi connectivity index (χ0) is 38.0. The fraction of sp³-hybridized carbons (Fsp3) is 0.571. The maximum absolute atomic E-state index is 14.6. The molecule has 1 aromatic carbocycles. The minimum atomic E-state index is -1.18. The zero-order valence-corrected chi connectivity index (χ0v) is 32.4. The molecule has 2 aliphatic heterocycles. The van der Waals surface area contributed by atoms with Crippen LogP contribution in [0.3, 0.4) is 0 Å².